The third kappa shape index (κ3) is 18.9. The van der Waals surface area contributed by atoms with Crippen LogP contribution in [0.25, 0.3) is 0 Å². The van der Waals surface area contributed by atoms with Crippen molar-refractivity contribution in [1.29, 1.82) is 0 Å². The lowest BCUT2D eigenvalue weighted by Crippen LogP contribution is -1.77. The zero-order valence-electron chi connectivity index (χ0n) is 11.8. The molecule has 0 spiro atoms. The molecule has 0 fully saturated rings. The van der Waals surface area contributed by atoms with Gasteiger partial charge in [0.2, 0.25) is 0 Å². The van der Waals surface area contributed by atoms with Crippen LogP contribution in [-0.2, 0) is 0 Å². The number of hydrogen-bond acceptors (Lipinski definition) is 0. The van der Waals surface area contributed by atoms with E-state index in [-0.39, 0.29) is 0 Å². The van der Waals surface area contributed by atoms with E-state index < -0.39 is 0 Å². The summed E-state index contributed by atoms with van der Waals surface area (Å²) >= 11 is 0. The maximum Gasteiger partial charge on any atom is -0.0288 e. The first kappa shape index (κ1) is 17.6. The van der Waals surface area contributed by atoms with Gasteiger partial charge in [-0.05, 0) is 46.5 Å². The largest absolute Gasteiger partial charge is 0.103 e. The quantitative estimate of drug-likeness (QED) is 0.363. The highest BCUT2D eigenvalue weighted by Gasteiger charge is 1.87. The molecule has 0 nitrogen and oxygen atoms in total. The second-order valence-electron chi connectivity index (χ2n) is 4.04. The maximum absolute atomic E-state index is 3.72. The Morgan fingerprint density at radius 2 is 1.69 bits per heavy atom. The second-order valence-corrected chi connectivity index (χ2v) is 4.04. The summed E-state index contributed by atoms with van der Waals surface area (Å²) in [5, 5.41) is 0. The van der Waals surface area contributed by atoms with Crippen molar-refractivity contribution in [2.75, 3.05) is 0 Å². The van der Waals surface area contributed by atoms with Crippen molar-refractivity contribution in [3.05, 3.63) is 36.5 Å². The van der Waals surface area contributed by atoms with Crippen molar-refractivity contribution in [3.63, 3.8) is 0 Å². The van der Waals surface area contributed by atoms with Crippen LogP contribution in [-0.4, -0.2) is 0 Å². The molecule has 0 rings (SSSR count). The molecule has 0 saturated carbocycles. The third-order valence-corrected chi connectivity index (χ3v) is 2.38. The smallest absolute Gasteiger partial charge is 0.0288 e. The molecule has 0 aliphatic carbocycles. The van der Waals surface area contributed by atoms with E-state index in [2.05, 4.69) is 26.5 Å². The van der Waals surface area contributed by atoms with E-state index >= 15 is 0 Å². The van der Waals surface area contributed by atoms with Crippen molar-refractivity contribution in [2.45, 2.75) is 66.2 Å². The predicted molar refractivity (Wildman–Crippen MR) is 77.8 cm³/mol. The van der Waals surface area contributed by atoms with E-state index in [1.54, 1.807) is 0 Å². The fourth-order valence-corrected chi connectivity index (χ4v) is 1.17. The lowest BCUT2D eigenvalue weighted by atomic mass is 10.1. The Labute approximate surface area is 103 Å². The summed E-state index contributed by atoms with van der Waals surface area (Å²) in [5.41, 5.74) is 1.52. The van der Waals surface area contributed by atoms with E-state index in [0.29, 0.717) is 0 Å². The van der Waals surface area contributed by atoms with E-state index in [9.17, 15) is 0 Å². The molecule has 0 radical (unpaired) electrons. The molecular formula is C16H30. The molecule has 0 aromatic rings. The van der Waals surface area contributed by atoms with Gasteiger partial charge in [-0.25, -0.2) is 0 Å². The summed E-state index contributed by atoms with van der Waals surface area (Å²) in [6, 6.07) is 0. The highest BCUT2D eigenvalue weighted by molar-refractivity contribution is 4.98. The first-order valence-corrected chi connectivity index (χ1v) is 6.56. The highest BCUT2D eigenvalue weighted by atomic mass is 13.9. The summed E-state index contributed by atoms with van der Waals surface area (Å²) in [5.74, 6) is 0. The lowest BCUT2D eigenvalue weighted by molar-refractivity contribution is 0.725. The van der Waals surface area contributed by atoms with E-state index in [0.717, 1.165) is 6.42 Å². The van der Waals surface area contributed by atoms with Crippen molar-refractivity contribution in [3.8, 4) is 0 Å². The van der Waals surface area contributed by atoms with Gasteiger partial charge in [-0.3, -0.25) is 0 Å². The van der Waals surface area contributed by atoms with Crippen molar-refractivity contribution in [2.24, 2.45) is 0 Å². The Hall–Kier alpha value is -0.780. The van der Waals surface area contributed by atoms with Gasteiger partial charge in [-0.15, -0.1) is 6.58 Å². The van der Waals surface area contributed by atoms with Gasteiger partial charge in [0, 0.05) is 0 Å². The number of allylic oxidation sites excluding steroid dienone is 5. The van der Waals surface area contributed by atoms with E-state index in [4.69, 9.17) is 0 Å². The molecule has 0 unspecified atom stereocenters. The summed E-state index contributed by atoms with van der Waals surface area (Å²) in [4.78, 5) is 0. The van der Waals surface area contributed by atoms with Gasteiger partial charge < -0.3 is 0 Å². The van der Waals surface area contributed by atoms with Crippen LogP contribution < -0.4 is 0 Å². The van der Waals surface area contributed by atoms with Crippen LogP contribution in [0.2, 0.25) is 0 Å². The predicted octanol–water partition coefficient (Wildman–Crippen LogP) is 6.06. The van der Waals surface area contributed by atoms with Gasteiger partial charge >= 0.3 is 0 Å². The minimum atomic E-state index is 1.12. The van der Waals surface area contributed by atoms with Crippen molar-refractivity contribution >= 4 is 0 Å². The molecule has 0 atom stereocenters. The molecule has 0 aliphatic rings. The topological polar surface area (TPSA) is 0 Å². The molecule has 0 aliphatic heterocycles. The minimum Gasteiger partial charge on any atom is -0.103 e. The first-order chi connectivity index (χ1) is 7.72. The van der Waals surface area contributed by atoms with Crippen LogP contribution in [0.15, 0.2) is 36.5 Å². The van der Waals surface area contributed by atoms with Crippen LogP contribution in [0, 0.1) is 0 Å². The minimum absolute atomic E-state index is 1.12. The average molecular weight is 222 g/mol. The summed E-state index contributed by atoms with van der Waals surface area (Å²) in [6.07, 6.45) is 16.0. The van der Waals surface area contributed by atoms with E-state index in [1.165, 1.54) is 37.7 Å². The van der Waals surface area contributed by atoms with Gasteiger partial charge in [0.15, 0.2) is 0 Å². The number of rotatable bonds is 7. The van der Waals surface area contributed by atoms with Gasteiger partial charge in [0.1, 0.15) is 0 Å². The molecular weight excluding hydrogens is 192 g/mol. The van der Waals surface area contributed by atoms with Crippen LogP contribution >= 0.6 is 0 Å². The Kier molecular flexibility index (Phi) is 18.3. The van der Waals surface area contributed by atoms with Gasteiger partial charge in [-0.2, -0.15) is 0 Å². The fourth-order valence-electron chi connectivity index (χ4n) is 1.17. The maximum atomic E-state index is 3.72. The van der Waals surface area contributed by atoms with Crippen LogP contribution in [0.5, 0.6) is 0 Å². The van der Waals surface area contributed by atoms with Crippen LogP contribution in [0.3, 0.4) is 0 Å². The zero-order valence-corrected chi connectivity index (χ0v) is 11.8. The second kappa shape index (κ2) is 16.6. The number of hydrogen-bond donors (Lipinski definition) is 0. The molecule has 0 aromatic heterocycles. The standard InChI is InChI=1S/C12H22.C4H8/c1-4-6-8-9-11-12(3)10-7-5-2;1-3-4-2/h5,11H,2,4,6-10H2,1,3H3;3-4H,1-2H3. The molecule has 0 aromatic carbocycles. The van der Waals surface area contributed by atoms with Crippen LogP contribution in [0.4, 0.5) is 0 Å². The molecule has 0 N–H and O–H groups in total. The monoisotopic (exact) mass is 222 g/mol. The van der Waals surface area contributed by atoms with Crippen LogP contribution in [0.1, 0.15) is 66.2 Å². The van der Waals surface area contributed by atoms with Gasteiger partial charge in [-0.1, -0.05) is 49.6 Å². The molecule has 94 valence electrons. The van der Waals surface area contributed by atoms with E-state index in [1.807, 2.05) is 32.1 Å². The first-order valence-electron chi connectivity index (χ1n) is 6.56. The molecule has 16 heavy (non-hydrogen) atoms. The summed E-state index contributed by atoms with van der Waals surface area (Å²) in [6.45, 7) is 12.2. The Morgan fingerprint density at radius 1 is 1.06 bits per heavy atom. The highest BCUT2D eigenvalue weighted by Crippen LogP contribution is 2.08. The van der Waals surface area contributed by atoms with Crippen molar-refractivity contribution < 1.29 is 0 Å². The summed E-state index contributed by atoms with van der Waals surface area (Å²) < 4.78 is 0. The zero-order chi connectivity index (χ0) is 12.6. The third-order valence-electron chi connectivity index (χ3n) is 2.38. The molecule has 0 heterocycles. The fraction of sp³-hybridized carbons (Fsp3) is 0.625. The Balaban J connectivity index is 0. The lowest BCUT2D eigenvalue weighted by Gasteiger charge is -1.98. The molecule has 0 saturated heterocycles. The Bertz CT molecular complexity index is 180. The molecule has 0 bridgehead atoms. The SMILES string of the molecule is C=CCCC(C)=CCCCCC.CC=CC. The van der Waals surface area contributed by atoms with Gasteiger partial charge in [0.25, 0.3) is 0 Å². The van der Waals surface area contributed by atoms with Crippen molar-refractivity contribution in [1.82, 2.24) is 0 Å². The number of unbranched alkanes of at least 4 members (excludes halogenated alkanes) is 3. The normalized spacial score (nSPS) is 11.1. The molecule has 0 heteroatoms. The Morgan fingerprint density at radius 3 is 2.12 bits per heavy atom. The summed E-state index contributed by atoms with van der Waals surface area (Å²) in [7, 11) is 0. The van der Waals surface area contributed by atoms with Gasteiger partial charge in [0.05, 0.1) is 0 Å². The molecule has 0 amide bonds. The average Bonchev–Trinajstić information content (AvgIpc) is 2.32.